The van der Waals surface area contributed by atoms with E-state index in [1.165, 1.54) is 0 Å². The fraction of sp³-hybridized carbons (Fsp3) is 0.172. The number of aromatic nitrogens is 2. The zero-order valence-corrected chi connectivity index (χ0v) is 22.0. The number of ether oxygens (including phenoxy) is 2. The number of Topliss-reactive ketones (excluding diaryl/α,β-unsaturated/α-hetero) is 1. The number of esters is 2. The van der Waals surface area contributed by atoms with Gasteiger partial charge in [0.2, 0.25) is 5.78 Å². The summed E-state index contributed by atoms with van der Waals surface area (Å²) < 4.78 is 11.0. The molecule has 4 aromatic rings. The predicted molar refractivity (Wildman–Crippen MR) is 149 cm³/mol. The number of benzene rings is 3. The standard InChI is InChI=1S/C29H26N4O8/c1-40-24(36)16-33-28(38)25(26(30)32(29(33)39)15-18-7-3-2-4-8-18)22(34)17-41-23(35)14-31-27(37)21-12-11-19-9-5-6-10-20(19)13-21/h2-13H,14-17,30H2,1H3,(H,31,37). The molecule has 12 heteroatoms. The lowest BCUT2D eigenvalue weighted by Gasteiger charge is -2.16. The molecule has 0 fully saturated rings. The normalized spacial score (nSPS) is 10.7. The summed E-state index contributed by atoms with van der Waals surface area (Å²) >= 11 is 0. The van der Waals surface area contributed by atoms with Crippen LogP contribution in [0.4, 0.5) is 5.82 Å². The van der Waals surface area contributed by atoms with Gasteiger partial charge in [0.1, 0.15) is 24.5 Å². The highest BCUT2D eigenvalue weighted by Crippen LogP contribution is 2.15. The van der Waals surface area contributed by atoms with E-state index in [1.54, 1.807) is 48.5 Å². The van der Waals surface area contributed by atoms with Gasteiger partial charge in [-0.05, 0) is 28.5 Å². The van der Waals surface area contributed by atoms with Crippen molar-refractivity contribution < 1.29 is 28.7 Å². The van der Waals surface area contributed by atoms with Crippen molar-refractivity contribution in [2.24, 2.45) is 0 Å². The maximum atomic E-state index is 13.1. The highest BCUT2D eigenvalue weighted by molar-refractivity contribution is 6.02. The number of hydrogen-bond acceptors (Lipinski definition) is 9. The molecule has 12 nitrogen and oxygen atoms in total. The third kappa shape index (κ3) is 6.56. The van der Waals surface area contributed by atoms with Gasteiger partial charge >= 0.3 is 17.6 Å². The van der Waals surface area contributed by atoms with Crippen LogP contribution in [0.1, 0.15) is 26.3 Å². The first-order valence-corrected chi connectivity index (χ1v) is 12.4. The summed E-state index contributed by atoms with van der Waals surface area (Å²) in [4.78, 5) is 75.8. The van der Waals surface area contributed by atoms with E-state index in [-0.39, 0.29) is 6.54 Å². The van der Waals surface area contributed by atoms with Crippen LogP contribution in [0.5, 0.6) is 0 Å². The van der Waals surface area contributed by atoms with Gasteiger partial charge in [0.05, 0.1) is 13.7 Å². The Kier molecular flexibility index (Phi) is 8.72. The molecule has 0 bridgehead atoms. The molecule has 4 rings (SSSR count). The molecule has 41 heavy (non-hydrogen) atoms. The Hall–Kier alpha value is -5.52. The fourth-order valence-electron chi connectivity index (χ4n) is 4.08. The predicted octanol–water partition coefficient (Wildman–Crippen LogP) is 1.12. The minimum absolute atomic E-state index is 0.103. The Balaban J connectivity index is 1.49. The number of methoxy groups -OCH3 is 1. The molecule has 0 aliphatic rings. The highest BCUT2D eigenvalue weighted by Gasteiger charge is 2.25. The maximum absolute atomic E-state index is 13.1. The van der Waals surface area contributed by atoms with Crippen molar-refractivity contribution in [3.63, 3.8) is 0 Å². The first-order valence-electron chi connectivity index (χ1n) is 12.4. The van der Waals surface area contributed by atoms with Crippen LogP contribution >= 0.6 is 0 Å². The van der Waals surface area contributed by atoms with Gasteiger partial charge in [-0.1, -0.05) is 60.7 Å². The average molecular weight is 559 g/mol. The van der Waals surface area contributed by atoms with Crippen LogP contribution in [-0.4, -0.2) is 53.0 Å². The summed E-state index contributed by atoms with van der Waals surface area (Å²) in [5.74, 6) is -3.81. The number of nitrogens with one attached hydrogen (secondary N) is 1. The van der Waals surface area contributed by atoms with Crippen LogP contribution in [0, 0.1) is 0 Å². The lowest BCUT2D eigenvalue weighted by molar-refractivity contribution is -0.142. The van der Waals surface area contributed by atoms with E-state index in [4.69, 9.17) is 10.5 Å². The van der Waals surface area contributed by atoms with Crippen LogP contribution in [0.3, 0.4) is 0 Å². The molecule has 0 unspecified atom stereocenters. The summed E-state index contributed by atoms with van der Waals surface area (Å²) in [5.41, 5.74) is 4.37. The summed E-state index contributed by atoms with van der Waals surface area (Å²) in [7, 11) is 1.08. The number of amides is 1. The molecule has 210 valence electrons. The Morgan fingerprint density at radius 3 is 2.24 bits per heavy atom. The van der Waals surface area contributed by atoms with Crippen molar-refractivity contribution >= 4 is 40.2 Å². The number of nitrogens with zero attached hydrogens (tertiary/aromatic N) is 2. The Morgan fingerprint density at radius 2 is 1.54 bits per heavy atom. The molecule has 0 atom stereocenters. The molecule has 0 aliphatic heterocycles. The average Bonchev–Trinajstić information content (AvgIpc) is 2.99. The van der Waals surface area contributed by atoms with E-state index in [9.17, 15) is 28.8 Å². The minimum atomic E-state index is -1.13. The van der Waals surface area contributed by atoms with E-state index in [2.05, 4.69) is 10.1 Å². The van der Waals surface area contributed by atoms with Gasteiger partial charge in [-0.15, -0.1) is 0 Å². The summed E-state index contributed by atoms with van der Waals surface area (Å²) in [5, 5.41) is 4.21. The maximum Gasteiger partial charge on any atom is 0.333 e. The quantitative estimate of drug-likeness (QED) is 0.214. The van der Waals surface area contributed by atoms with Crippen LogP contribution < -0.4 is 22.3 Å². The second kappa shape index (κ2) is 12.6. The number of nitrogens with two attached hydrogens (primary N) is 1. The van der Waals surface area contributed by atoms with Crippen molar-refractivity contribution in [3.05, 3.63) is 110 Å². The van der Waals surface area contributed by atoms with Crippen LogP contribution in [0.2, 0.25) is 0 Å². The SMILES string of the molecule is COC(=O)Cn1c(=O)c(C(=O)COC(=O)CNC(=O)c2ccc3ccccc3c2)c(N)n(Cc2ccccc2)c1=O. The van der Waals surface area contributed by atoms with Gasteiger partial charge in [0, 0.05) is 5.56 Å². The molecule has 1 heterocycles. The number of nitrogen functional groups attached to an aromatic ring is 1. The lowest BCUT2D eigenvalue weighted by Crippen LogP contribution is -2.46. The number of hydrogen-bond donors (Lipinski definition) is 2. The molecule has 0 radical (unpaired) electrons. The van der Waals surface area contributed by atoms with Gasteiger partial charge in [-0.3, -0.25) is 28.5 Å². The van der Waals surface area contributed by atoms with Crippen LogP contribution in [-0.2, 0) is 32.2 Å². The summed E-state index contributed by atoms with van der Waals surface area (Å²) in [6.45, 7) is -2.31. The van der Waals surface area contributed by atoms with Gasteiger partial charge in [0.25, 0.3) is 11.5 Å². The molecule has 0 saturated carbocycles. The summed E-state index contributed by atoms with van der Waals surface area (Å²) in [6.07, 6.45) is 0. The van der Waals surface area contributed by atoms with Crippen molar-refractivity contribution in [1.29, 1.82) is 0 Å². The van der Waals surface area contributed by atoms with Crippen LogP contribution in [0.15, 0.2) is 82.4 Å². The molecule has 1 aromatic heterocycles. The molecule has 1 amide bonds. The number of fused-ring (bicyclic) bond motifs is 1. The Morgan fingerprint density at radius 1 is 0.854 bits per heavy atom. The fourth-order valence-corrected chi connectivity index (χ4v) is 4.08. The molecule has 0 saturated heterocycles. The second-order valence-corrected chi connectivity index (χ2v) is 8.91. The van der Waals surface area contributed by atoms with Crippen molar-refractivity contribution in [2.75, 3.05) is 26.0 Å². The third-order valence-corrected chi connectivity index (χ3v) is 6.21. The molecular formula is C29H26N4O8. The van der Waals surface area contributed by atoms with Crippen molar-refractivity contribution in [3.8, 4) is 0 Å². The number of carbonyl (C=O) groups excluding carboxylic acids is 4. The van der Waals surface area contributed by atoms with E-state index >= 15 is 0 Å². The molecule has 0 spiro atoms. The van der Waals surface area contributed by atoms with Crippen LogP contribution in [0.25, 0.3) is 10.8 Å². The Labute approximate surface area is 232 Å². The van der Waals surface area contributed by atoms with E-state index in [0.29, 0.717) is 15.7 Å². The van der Waals surface area contributed by atoms with E-state index < -0.39 is 66.0 Å². The zero-order valence-electron chi connectivity index (χ0n) is 22.0. The van der Waals surface area contributed by atoms with Gasteiger partial charge in [-0.2, -0.15) is 0 Å². The van der Waals surface area contributed by atoms with E-state index in [1.807, 2.05) is 24.3 Å². The van der Waals surface area contributed by atoms with E-state index in [0.717, 1.165) is 22.4 Å². The summed E-state index contributed by atoms with van der Waals surface area (Å²) in [6, 6.07) is 21.1. The molecule has 3 aromatic carbocycles. The first-order chi connectivity index (χ1) is 19.7. The molecular weight excluding hydrogens is 532 g/mol. The zero-order chi connectivity index (χ0) is 29.5. The second-order valence-electron chi connectivity index (χ2n) is 8.91. The minimum Gasteiger partial charge on any atom is -0.468 e. The van der Waals surface area contributed by atoms with Gasteiger partial charge in [-0.25, -0.2) is 9.36 Å². The lowest BCUT2D eigenvalue weighted by atomic mass is 10.1. The number of carbonyl (C=O) groups is 4. The monoisotopic (exact) mass is 558 g/mol. The van der Waals surface area contributed by atoms with Crippen molar-refractivity contribution in [2.45, 2.75) is 13.1 Å². The topological polar surface area (TPSA) is 169 Å². The highest BCUT2D eigenvalue weighted by atomic mass is 16.5. The number of ketones is 1. The van der Waals surface area contributed by atoms with Gasteiger partial charge < -0.3 is 20.5 Å². The number of rotatable bonds is 10. The first kappa shape index (κ1) is 28.5. The molecule has 0 aliphatic carbocycles. The molecule has 3 N–H and O–H groups in total. The largest absolute Gasteiger partial charge is 0.468 e. The van der Waals surface area contributed by atoms with Gasteiger partial charge in [0.15, 0.2) is 6.61 Å². The number of anilines is 1. The smallest absolute Gasteiger partial charge is 0.333 e. The Bertz CT molecular complexity index is 1760. The van der Waals surface area contributed by atoms with Crippen molar-refractivity contribution in [1.82, 2.24) is 14.5 Å². The third-order valence-electron chi connectivity index (χ3n) is 6.21.